The van der Waals surface area contributed by atoms with E-state index < -0.39 is 0 Å². The van der Waals surface area contributed by atoms with E-state index in [-0.39, 0.29) is 5.97 Å². The summed E-state index contributed by atoms with van der Waals surface area (Å²) >= 11 is 1.69. The van der Waals surface area contributed by atoms with Gasteiger partial charge in [-0.25, -0.2) is 4.98 Å². The number of carbonyl (C=O) groups excluding carboxylic acids is 1. The van der Waals surface area contributed by atoms with Gasteiger partial charge in [0.15, 0.2) is 5.13 Å². The molecule has 2 heterocycles. The van der Waals surface area contributed by atoms with Crippen molar-refractivity contribution in [1.82, 2.24) is 4.98 Å². The third kappa shape index (κ3) is 4.20. The van der Waals surface area contributed by atoms with E-state index in [9.17, 15) is 4.79 Å². The molecule has 1 aliphatic heterocycles. The van der Waals surface area contributed by atoms with Gasteiger partial charge < -0.3 is 9.64 Å². The van der Waals surface area contributed by atoms with Crippen LogP contribution in [0.1, 0.15) is 38.3 Å². The first-order chi connectivity index (χ1) is 9.19. The molecule has 1 atom stereocenters. The van der Waals surface area contributed by atoms with E-state index in [2.05, 4.69) is 26.9 Å². The van der Waals surface area contributed by atoms with Gasteiger partial charge in [0.2, 0.25) is 0 Å². The molecule has 0 N–H and O–H groups in total. The fraction of sp³-hybridized carbons (Fsp3) is 0.714. The van der Waals surface area contributed by atoms with Gasteiger partial charge in [0.1, 0.15) is 0 Å². The van der Waals surface area contributed by atoms with Gasteiger partial charge in [-0.2, -0.15) is 0 Å². The summed E-state index contributed by atoms with van der Waals surface area (Å²) in [5.41, 5.74) is 1.00. The summed E-state index contributed by atoms with van der Waals surface area (Å²) in [6, 6.07) is 0. The minimum atomic E-state index is -0.168. The number of anilines is 1. The monoisotopic (exact) mass is 282 g/mol. The van der Waals surface area contributed by atoms with Crippen molar-refractivity contribution in [2.75, 3.05) is 25.1 Å². The number of hydrogen-bond donors (Lipinski definition) is 0. The second kappa shape index (κ2) is 6.89. The van der Waals surface area contributed by atoms with Gasteiger partial charge in [-0.15, -0.1) is 11.3 Å². The highest BCUT2D eigenvalue weighted by atomic mass is 32.1. The number of aryl methyl sites for hydroxylation is 1. The highest BCUT2D eigenvalue weighted by molar-refractivity contribution is 7.13. The van der Waals surface area contributed by atoms with Crippen molar-refractivity contribution >= 4 is 22.4 Å². The molecule has 4 nitrogen and oxygen atoms in total. The largest absolute Gasteiger partial charge is 0.469 e. The minimum Gasteiger partial charge on any atom is -0.469 e. The molecule has 0 bridgehead atoms. The number of methoxy groups -OCH3 is 1. The maximum absolute atomic E-state index is 11.1. The molecule has 1 saturated heterocycles. The molecule has 0 spiro atoms. The lowest BCUT2D eigenvalue weighted by atomic mass is 10.0. The summed E-state index contributed by atoms with van der Waals surface area (Å²) in [6.45, 7) is 4.53. The van der Waals surface area contributed by atoms with Crippen molar-refractivity contribution in [3.05, 3.63) is 11.1 Å². The van der Waals surface area contributed by atoms with Crippen LogP contribution >= 0.6 is 11.3 Å². The van der Waals surface area contributed by atoms with Crippen molar-refractivity contribution in [2.24, 2.45) is 5.92 Å². The Morgan fingerprint density at radius 1 is 1.53 bits per heavy atom. The average molecular weight is 282 g/mol. The molecule has 1 aromatic rings. The molecule has 1 unspecified atom stereocenters. The van der Waals surface area contributed by atoms with Gasteiger partial charge in [0, 0.05) is 24.9 Å². The smallest absolute Gasteiger partial charge is 0.305 e. The van der Waals surface area contributed by atoms with E-state index in [1.807, 2.05) is 0 Å². The predicted octanol–water partition coefficient (Wildman–Crippen LogP) is 2.88. The van der Waals surface area contributed by atoms with E-state index in [1.165, 1.54) is 26.4 Å². The molecular formula is C14H22N2O2S. The zero-order valence-corrected chi connectivity index (χ0v) is 12.5. The molecule has 1 fully saturated rings. The van der Waals surface area contributed by atoms with Crippen molar-refractivity contribution in [3.8, 4) is 0 Å². The maximum Gasteiger partial charge on any atom is 0.305 e. The molecule has 0 aromatic carbocycles. The van der Waals surface area contributed by atoms with E-state index in [0.717, 1.165) is 29.8 Å². The number of carbonyl (C=O) groups is 1. The van der Waals surface area contributed by atoms with Crippen LogP contribution < -0.4 is 4.90 Å². The Morgan fingerprint density at radius 3 is 3.16 bits per heavy atom. The molecule has 106 valence electrons. The second-order valence-electron chi connectivity index (χ2n) is 5.22. The summed E-state index contributed by atoms with van der Waals surface area (Å²) in [4.78, 5) is 18.1. The van der Waals surface area contributed by atoms with Crippen molar-refractivity contribution in [1.29, 1.82) is 0 Å². The maximum atomic E-state index is 11.1. The highest BCUT2D eigenvalue weighted by Crippen LogP contribution is 2.25. The van der Waals surface area contributed by atoms with Gasteiger partial charge in [0.05, 0.1) is 19.2 Å². The quantitative estimate of drug-likeness (QED) is 0.796. The SMILES string of the molecule is COC(=O)CCc1csc(N2CCCC(C)CC2)n1. The zero-order chi connectivity index (χ0) is 13.7. The van der Waals surface area contributed by atoms with Crippen LogP contribution in [0.15, 0.2) is 5.38 Å². The normalized spacial score (nSPS) is 20.1. The topological polar surface area (TPSA) is 42.4 Å². The Bertz CT molecular complexity index is 419. The number of hydrogen-bond acceptors (Lipinski definition) is 5. The van der Waals surface area contributed by atoms with Crippen LogP contribution in [0.25, 0.3) is 0 Å². The van der Waals surface area contributed by atoms with Gasteiger partial charge >= 0.3 is 5.97 Å². The molecule has 0 saturated carbocycles. The lowest BCUT2D eigenvalue weighted by Gasteiger charge is -2.18. The molecule has 0 aliphatic carbocycles. The van der Waals surface area contributed by atoms with Crippen molar-refractivity contribution in [2.45, 2.75) is 39.0 Å². The van der Waals surface area contributed by atoms with Crippen LogP contribution in [0.5, 0.6) is 0 Å². The second-order valence-corrected chi connectivity index (χ2v) is 6.06. The van der Waals surface area contributed by atoms with Crippen LogP contribution in [0.2, 0.25) is 0 Å². The molecule has 0 radical (unpaired) electrons. The van der Waals surface area contributed by atoms with Crippen molar-refractivity contribution in [3.63, 3.8) is 0 Å². The fourth-order valence-corrected chi connectivity index (χ4v) is 3.26. The first-order valence-electron chi connectivity index (χ1n) is 6.95. The molecule has 2 rings (SSSR count). The Kier molecular flexibility index (Phi) is 5.19. The molecule has 0 amide bonds. The fourth-order valence-electron chi connectivity index (χ4n) is 2.34. The van der Waals surface area contributed by atoms with Gasteiger partial charge in [-0.3, -0.25) is 4.79 Å². The molecule has 1 aliphatic rings. The molecule has 1 aromatic heterocycles. The van der Waals surface area contributed by atoms with E-state index in [0.29, 0.717) is 12.8 Å². The van der Waals surface area contributed by atoms with E-state index >= 15 is 0 Å². The number of nitrogens with zero attached hydrogens (tertiary/aromatic N) is 2. The number of aromatic nitrogens is 1. The van der Waals surface area contributed by atoms with Crippen LogP contribution in [0, 0.1) is 5.92 Å². The Balaban J connectivity index is 1.90. The van der Waals surface area contributed by atoms with Crippen molar-refractivity contribution < 1.29 is 9.53 Å². The van der Waals surface area contributed by atoms with Gasteiger partial charge in [0.25, 0.3) is 0 Å². The first-order valence-corrected chi connectivity index (χ1v) is 7.83. The lowest BCUT2D eigenvalue weighted by Crippen LogP contribution is -2.23. The number of thiazole rings is 1. The standard InChI is InChI=1S/C14H22N2O2S/c1-11-4-3-8-16(9-7-11)14-15-12(10-19-14)5-6-13(17)18-2/h10-11H,3-9H2,1-2H3. The number of esters is 1. The lowest BCUT2D eigenvalue weighted by molar-refractivity contribution is -0.140. The summed E-state index contributed by atoms with van der Waals surface area (Å²) < 4.78 is 4.65. The first kappa shape index (κ1) is 14.3. The Morgan fingerprint density at radius 2 is 2.37 bits per heavy atom. The minimum absolute atomic E-state index is 0.168. The summed E-state index contributed by atoms with van der Waals surface area (Å²) in [5.74, 6) is 0.655. The van der Waals surface area contributed by atoms with Crippen LogP contribution in [0.3, 0.4) is 0 Å². The van der Waals surface area contributed by atoms with E-state index in [1.54, 1.807) is 11.3 Å². The zero-order valence-electron chi connectivity index (χ0n) is 11.7. The Hall–Kier alpha value is -1.10. The molecular weight excluding hydrogens is 260 g/mol. The number of rotatable bonds is 4. The van der Waals surface area contributed by atoms with Crippen LogP contribution in [0.4, 0.5) is 5.13 Å². The Labute approximate surface area is 118 Å². The van der Waals surface area contributed by atoms with Gasteiger partial charge in [-0.1, -0.05) is 6.92 Å². The summed E-state index contributed by atoms with van der Waals surface area (Å²) in [5, 5.41) is 3.17. The van der Waals surface area contributed by atoms with Gasteiger partial charge in [-0.05, 0) is 25.2 Å². The predicted molar refractivity (Wildman–Crippen MR) is 77.7 cm³/mol. The third-order valence-corrected chi connectivity index (χ3v) is 4.59. The highest BCUT2D eigenvalue weighted by Gasteiger charge is 2.16. The molecule has 5 heteroatoms. The molecule has 19 heavy (non-hydrogen) atoms. The van der Waals surface area contributed by atoms with Crippen LogP contribution in [-0.4, -0.2) is 31.2 Å². The third-order valence-electron chi connectivity index (χ3n) is 3.64. The summed E-state index contributed by atoms with van der Waals surface area (Å²) in [7, 11) is 1.42. The number of ether oxygens (including phenoxy) is 1. The van der Waals surface area contributed by atoms with Crippen LogP contribution in [-0.2, 0) is 16.0 Å². The van der Waals surface area contributed by atoms with E-state index in [4.69, 9.17) is 0 Å². The average Bonchev–Trinajstić information content (AvgIpc) is 2.78. The summed E-state index contributed by atoms with van der Waals surface area (Å²) in [6.07, 6.45) is 4.90.